The van der Waals surface area contributed by atoms with Crippen molar-refractivity contribution in [3.63, 3.8) is 0 Å². The van der Waals surface area contributed by atoms with Crippen LogP contribution in [0.25, 0.3) is 11.1 Å². The topological polar surface area (TPSA) is 62.2 Å². The lowest BCUT2D eigenvalue weighted by molar-refractivity contribution is 0.237. The van der Waals surface area contributed by atoms with Crippen LogP contribution < -0.4 is 9.47 Å². The Hall–Kier alpha value is -3.44. The molecule has 0 spiro atoms. The smallest absolute Gasteiger partial charge is 0.150 e. The zero-order valence-electron chi connectivity index (χ0n) is 18.8. The molecule has 5 rings (SSSR count). The fraction of sp³-hybridized carbons (Fsp3) is 0.286. The molecule has 1 unspecified atom stereocenters. The molecule has 0 saturated carbocycles. The van der Waals surface area contributed by atoms with Crippen LogP contribution in [0.3, 0.4) is 0 Å². The number of benzene rings is 3. The molecular formula is C28H29NO4. The van der Waals surface area contributed by atoms with Gasteiger partial charge in [0, 0.05) is 23.7 Å². The molecule has 0 amide bonds. The zero-order chi connectivity index (χ0) is 22.8. The molecule has 1 atom stereocenters. The molecule has 1 saturated heterocycles. The average molecular weight is 444 g/mol. The number of nitrogens with zero attached hydrogens (tertiary/aromatic N) is 1. The van der Waals surface area contributed by atoms with Gasteiger partial charge in [-0.3, -0.25) is 4.90 Å². The predicted octanol–water partition coefficient (Wildman–Crippen LogP) is 5.64. The fourth-order valence-electron chi connectivity index (χ4n) is 4.73. The third kappa shape index (κ3) is 4.55. The molecule has 0 bridgehead atoms. The molecule has 170 valence electrons. The maximum Gasteiger partial charge on any atom is 0.150 e. The highest BCUT2D eigenvalue weighted by molar-refractivity contribution is 5.95. The van der Waals surface area contributed by atoms with Crippen LogP contribution in [0.4, 0.5) is 0 Å². The standard InChI is InChI=1S/C28H29NO4/c1-19-25-13-10-23(31)18-26(25)33-28(27(19)20-4-8-22(30)9-5-20)21-6-11-24(12-7-21)32-17-16-29-14-2-3-15-29/h4-13,18,28,30-31H,2-3,14-17H2,1H3. The first-order chi connectivity index (χ1) is 16.1. The van der Waals surface area contributed by atoms with Crippen molar-refractivity contribution < 1.29 is 19.7 Å². The van der Waals surface area contributed by atoms with Crippen molar-refractivity contribution in [3.8, 4) is 23.0 Å². The summed E-state index contributed by atoms with van der Waals surface area (Å²) in [6, 6.07) is 20.5. The van der Waals surface area contributed by atoms with Gasteiger partial charge in [-0.05, 0) is 86.0 Å². The highest BCUT2D eigenvalue weighted by atomic mass is 16.5. The number of allylic oxidation sites excluding steroid dienone is 1. The van der Waals surface area contributed by atoms with Crippen molar-refractivity contribution in [1.82, 2.24) is 4.90 Å². The van der Waals surface area contributed by atoms with Gasteiger partial charge >= 0.3 is 0 Å². The largest absolute Gasteiger partial charge is 0.508 e. The number of hydrogen-bond acceptors (Lipinski definition) is 5. The lowest BCUT2D eigenvalue weighted by atomic mass is 9.86. The third-order valence-electron chi connectivity index (χ3n) is 6.52. The first-order valence-electron chi connectivity index (χ1n) is 11.5. The second-order valence-corrected chi connectivity index (χ2v) is 8.73. The summed E-state index contributed by atoms with van der Waals surface area (Å²) in [4.78, 5) is 2.44. The molecule has 2 aliphatic rings. The van der Waals surface area contributed by atoms with E-state index in [0.29, 0.717) is 12.4 Å². The molecule has 3 aromatic carbocycles. The van der Waals surface area contributed by atoms with E-state index < -0.39 is 0 Å². The SMILES string of the molecule is CC1=C(c2ccc(O)cc2)C(c2ccc(OCCN3CCCC3)cc2)Oc2cc(O)ccc21. The van der Waals surface area contributed by atoms with Crippen molar-refractivity contribution >= 4 is 11.1 Å². The molecule has 5 heteroatoms. The van der Waals surface area contributed by atoms with E-state index in [9.17, 15) is 10.2 Å². The Kier molecular flexibility index (Phi) is 5.97. The number of aromatic hydroxyl groups is 2. The summed E-state index contributed by atoms with van der Waals surface area (Å²) < 4.78 is 12.4. The van der Waals surface area contributed by atoms with Crippen LogP contribution in [-0.4, -0.2) is 41.4 Å². The van der Waals surface area contributed by atoms with Gasteiger partial charge in [-0.2, -0.15) is 0 Å². The van der Waals surface area contributed by atoms with Crippen LogP contribution in [0.1, 0.15) is 42.6 Å². The molecule has 0 aliphatic carbocycles. The number of phenolic OH excluding ortho intramolecular Hbond substituents is 2. The van der Waals surface area contributed by atoms with Gasteiger partial charge < -0.3 is 19.7 Å². The van der Waals surface area contributed by atoms with Gasteiger partial charge in [0.2, 0.25) is 0 Å². The van der Waals surface area contributed by atoms with E-state index in [1.165, 1.54) is 25.9 Å². The molecule has 1 fully saturated rings. The maximum absolute atomic E-state index is 10.00. The first-order valence-corrected chi connectivity index (χ1v) is 11.5. The summed E-state index contributed by atoms with van der Waals surface area (Å²) in [7, 11) is 0. The van der Waals surface area contributed by atoms with Crippen LogP contribution in [0.5, 0.6) is 23.0 Å². The van der Waals surface area contributed by atoms with E-state index in [4.69, 9.17) is 9.47 Å². The molecule has 2 aliphatic heterocycles. The van der Waals surface area contributed by atoms with Gasteiger partial charge in [-0.1, -0.05) is 24.3 Å². The van der Waals surface area contributed by atoms with Crippen molar-refractivity contribution in [2.24, 2.45) is 0 Å². The minimum atomic E-state index is -0.345. The summed E-state index contributed by atoms with van der Waals surface area (Å²) in [5.41, 5.74) is 5.06. The molecule has 3 aromatic rings. The van der Waals surface area contributed by atoms with E-state index in [2.05, 4.69) is 11.8 Å². The van der Waals surface area contributed by atoms with Crippen molar-refractivity contribution in [3.05, 3.63) is 83.4 Å². The van der Waals surface area contributed by atoms with Crippen LogP contribution in [-0.2, 0) is 0 Å². The van der Waals surface area contributed by atoms with E-state index >= 15 is 0 Å². The van der Waals surface area contributed by atoms with Gasteiger partial charge in [0.05, 0.1) is 0 Å². The Morgan fingerprint density at radius 2 is 1.61 bits per heavy atom. The lowest BCUT2D eigenvalue weighted by Gasteiger charge is -2.31. The maximum atomic E-state index is 10.00. The summed E-state index contributed by atoms with van der Waals surface area (Å²) in [6.45, 7) is 6.06. The van der Waals surface area contributed by atoms with E-state index in [0.717, 1.165) is 40.1 Å². The highest BCUT2D eigenvalue weighted by Crippen LogP contribution is 2.47. The minimum Gasteiger partial charge on any atom is -0.508 e. The van der Waals surface area contributed by atoms with E-state index in [1.54, 1.807) is 24.3 Å². The first kappa shape index (κ1) is 21.4. The Balaban J connectivity index is 1.42. The van der Waals surface area contributed by atoms with Crippen molar-refractivity contribution in [1.29, 1.82) is 0 Å². The fourth-order valence-corrected chi connectivity index (χ4v) is 4.73. The molecule has 2 N–H and O–H groups in total. The Morgan fingerprint density at radius 1 is 0.909 bits per heavy atom. The van der Waals surface area contributed by atoms with Crippen molar-refractivity contribution in [2.45, 2.75) is 25.9 Å². The number of fused-ring (bicyclic) bond motifs is 1. The Labute approximate surface area is 194 Å². The number of rotatable bonds is 6. The number of phenols is 2. The molecule has 0 radical (unpaired) electrons. The highest BCUT2D eigenvalue weighted by Gasteiger charge is 2.29. The van der Waals surface area contributed by atoms with Gasteiger partial charge in [-0.15, -0.1) is 0 Å². The lowest BCUT2D eigenvalue weighted by Crippen LogP contribution is -2.25. The number of likely N-dealkylation sites (tertiary alicyclic amines) is 1. The van der Waals surface area contributed by atoms with Crippen molar-refractivity contribution in [2.75, 3.05) is 26.2 Å². The molecule has 33 heavy (non-hydrogen) atoms. The molecule has 0 aromatic heterocycles. The van der Waals surface area contributed by atoms with Crippen LogP contribution >= 0.6 is 0 Å². The Bertz CT molecular complexity index is 1150. The summed E-state index contributed by atoms with van der Waals surface area (Å²) in [5, 5.41) is 19.8. The molecular weight excluding hydrogens is 414 g/mol. The molecule has 2 heterocycles. The summed E-state index contributed by atoms with van der Waals surface area (Å²) in [5.74, 6) is 1.91. The summed E-state index contributed by atoms with van der Waals surface area (Å²) in [6.07, 6.45) is 2.23. The van der Waals surface area contributed by atoms with Crippen LogP contribution in [0.15, 0.2) is 66.7 Å². The number of ether oxygens (including phenoxy) is 2. The van der Waals surface area contributed by atoms with Crippen LogP contribution in [0.2, 0.25) is 0 Å². The molecule has 5 nitrogen and oxygen atoms in total. The minimum absolute atomic E-state index is 0.176. The average Bonchev–Trinajstić information content (AvgIpc) is 3.34. The predicted molar refractivity (Wildman–Crippen MR) is 130 cm³/mol. The quantitative estimate of drug-likeness (QED) is 0.516. The van der Waals surface area contributed by atoms with E-state index in [-0.39, 0.29) is 17.6 Å². The third-order valence-corrected chi connectivity index (χ3v) is 6.52. The summed E-state index contributed by atoms with van der Waals surface area (Å²) >= 11 is 0. The van der Waals surface area contributed by atoms with Gasteiger partial charge in [0.15, 0.2) is 0 Å². The van der Waals surface area contributed by atoms with Gasteiger partial charge in [0.25, 0.3) is 0 Å². The Morgan fingerprint density at radius 3 is 2.33 bits per heavy atom. The number of hydrogen-bond donors (Lipinski definition) is 2. The second kappa shape index (κ2) is 9.20. The van der Waals surface area contributed by atoms with E-state index in [1.807, 2.05) is 42.5 Å². The van der Waals surface area contributed by atoms with Crippen LogP contribution in [0, 0.1) is 0 Å². The zero-order valence-corrected chi connectivity index (χ0v) is 18.8. The normalized spacial score (nSPS) is 18.2. The van der Waals surface area contributed by atoms with Gasteiger partial charge in [0.1, 0.15) is 35.7 Å². The second-order valence-electron chi connectivity index (χ2n) is 8.73. The monoisotopic (exact) mass is 443 g/mol. The van der Waals surface area contributed by atoms with Gasteiger partial charge in [-0.25, -0.2) is 0 Å².